The van der Waals surface area contributed by atoms with Gasteiger partial charge in [0, 0.05) is 23.2 Å². The lowest BCUT2D eigenvalue weighted by molar-refractivity contribution is 0.514. The number of aromatic nitrogens is 8. The number of pyridine rings is 2. The Morgan fingerprint density at radius 3 is 2.71 bits per heavy atom. The molecule has 4 aromatic heterocycles. The van der Waals surface area contributed by atoms with Crippen LogP contribution >= 0.6 is 23.2 Å². The van der Waals surface area contributed by atoms with E-state index in [1.54, 1.807) is 16.7 Å². The quantitative estimate of drug-likeness (QED) is 0.319. The van der Waals surface area contributed by atoms with Crippen molar-refractivity contribution in [3.05, 3.63) is 86.5 Å². The Hall–Kier alpha value is -4.16. The molecule has 38 heavy (non-hydrogen) atoms. The summed E-state index contributed by atoms with van der Waals surface area (Å²) in [7, 11) is 0. The van der Waals surface area contributed by atoms with E-state index in [0.717, 1.165) is 12.1 Å². The number of nitrogens with one attached hydrogen (secondary N) is 1. The first kappa shape index (κ1) is 23.0. The Bertz CT molecular complexity index is 1820. The number of nitrogens with two attached hydrogens (primary N) is 1. The fourth-order valence-electron chi connectivity index (χ4n) is 5.34. The standard InChI is InChI=1S/C24H15Cl2F2N9O/c25-13-2-3-14(36-8-30-34-35-36)18(19(13)27)9-5-15-11-7-12(11)21(37(15)17(38)6-9)24-32-20(22(26)33-24)10-1-4-16(29)31-23(10)28/h1-6,8,11-12,21H,7H2,(H2,29,31)(H,32,33). The summed E-state index contributed by atoms with van der Waals surface area (Å²) in [6, 6.07) is 8.57. The van der Waals surface area contributed by atoms with Gasteiger partial charge in [-0.05, 0) is 58.7 Å². The van der Waals surface area contributed by atoms with Gasteiger partial charge in [-0.1, -0.05) is 23.2 Å². The fourth-order valence-corrected chi connectivity index (χ4v) is 5.74. The van der Waals surface area contributed by atoms with E-state index in [0.29, 0.717) is 17.1 Å². The number of benzene rings is 1. The van der Waals surface area contributed by atoms with Crippen molar-refractivity contribution < 1.29 is 8.78 Å². The number of H-pyrrole nitrogens is 1. The van der Waals surface area contributed by atoms with Crippen molar-refractivity contribution in [2.45, 2.75) is 18.4 Å². The van der Waals surface area contributed by atoms with Crippen molar-refractivity contribution in [1.29, 1.82) is 0 Å². The number of hydrogen-bond acceptors (Lipinski definition) is 7. The minimum Gasteiger partial charge on any atom is -0.384 e. The van der Waals surface area contributed by atoms with Gasteiger partial charge in [0.15, 0.2) is 5.82 Å². The first-order chi connectivity index (χ1) is 18.3. The molecule has 1 aliphatic carbocycles. The van der Waals surface area contributed by atoms with Crippen LogP contribution in [0.3, 0.4) is 0 Å². The second kappa shape index (κ2) is 8.17. The summed E-state index contributed by atoms with van der Waals surface area (Å²) in [6.45, 7) is 0. The fraction of sp³-hybridized carbons (Fsp3) is 0.167. The zero-order valence-corrected chi connectivity index (χ0v) is 20.6. The molecule has 0 spiro atoms. The Balaban J connectivity index is 1.35. The number of rotatable bonds is 4. The molecule has 0 saturated heterocycles. The van der Waals surface area contributed by atoms with Crippen LogP contribution in [0.1, 0.15) is 29.9 Å². The van der Waals surface area contributed by atoms with E-state index in [2.05, 4.69) is 30.5 Å². The first-order valence-electron chi connectivity index (χ1n) is 11.5. The van der Waals surface area contributed by atoms with Crippen LogP contribution in [0.5, 0.6) is 0 Å². The molecule has 3 N–H and O–H groups in total. The van der Waals surface area contributed by atoms with Gasteiger partial charge in [-0.3, -0.25) is 4.79 Å². The highest BCUT2D eigenvalue weighted by Crippen LogP contribution is 2.60. The SMILES string of the molecule is Nc1ccc(-c2nc(C3C4CC4c4cc(-c5c(-n6cnnn6)ccc(Cl)c5F)cc(=O)n43)[nH]c2Cl)c(F)n1. The predicted molar refractivity (Wildman–Crippen MR) is 134 cm³/mol. The predicted octanol–water partition coefficient (Wildman–Crippen LogP) is 4.15. The zero-order chi connectivity index (χ0) is 26.3. The van der Waals surface area contributed by atoms with E-state index in [1.807, 2.05) is 0 Å². The van der Waals surface area contributed by atoms with Crippen molar-refractivity contribution >= 4 is 29.0 Å². The maximum Gasteiger partial charge on any atom is 0.252 e. The van der Waals surface area contributed by atoms with Crippen LogP contribution in [0.2, 0.25) is 10.2 Å². The number of hydrogen-bond donors (Lipinski definition) is 2. The van der Waals surface area contributed by atoms with Crippen LogP contribution in [-0.4, -0.2) is 39.7 Å². The third-order valence-corrected chi connectivity index (χ3v) is 7.61. The number of halogens is 4. The van der Waals surface area contributed by atoms with Gasteiger partial charge in [-0.25, -0.2) is 14.4 Å². The summed E-state index contributed by atoms with van der Waals surface area (Å²) >= 11 is 12.5. The number of nitrogen functional groups attached to an aromatic ring is 1. The van der Waals surface area contributed by atoms with Crippen molar-refractivity contribution in [2.75, 3.05) is 5.73 Å². The summed E-state index contributed by atoms with van der Waals surface area (Å²) in [5.41, 5.74) is 7.00. The molecule has 1 saturated carbocycles. The van der Waals surface area contributed by atoms with Gasteiger partial charge in [-0.2, -0.15) is 9.07 Å². The van der Waals surface area contributed by atoms with Crippen molar-refractivity contribution in [3.63, 3.8) is 0 Å². The molecule has 7 rings (SSSR count). The van der Waals surface area contributed by atoms with E-state index in [4.69, 9.17) is 28.9 Å². The Kier molecular flexibility index (Phi) is 4.94. The summed E-state index contributed by atoms with van der Waals surface area (Å²) in [5, 5.41) is 11.1. The summed E-state index contributed by atoms with van der Waals surface area (Å²) in [6.07, 6.45) is 2.13. The topological polar surface area (TPSA) is 133 Å². The number of nitrogens with zero attached hydrogens (tertiary/aromatic N) is 7. The molecule has 0 amide bonds. The van der Waals surface area contributed by atoms with Crippen LogP contribution in [0.25, 0.3) is 28.1 Å². The lowest BCUT2D eigenvalue weighted by Gasteiger charge is -2.18. The molecule has 0 radical (unpaired) electrons. The third-order valence-electron chi connectivity index (χ3n) is 7.04. The average Bonchev–Trinajstić information content (AvgIpc) is 3.18. The van der Waals surface area contributed by atoms with Crippen LogP contribution in [-0.2, 0) is 0 Å². The monoisotopic (exact) mass is 553 g/mol. The minimum absolute atomic E-state index is 0.0328. The molecule has 10 nitrogen and oxygen atoms in total. The molecule has 5 aromatic rings. The van der Waals surface area contributed by atoms with Gasteiger partial charge in [0.2, 0.25) is 5.95 Å². The molecule has 1 fully saturated rings. The molecule has 3 atom stereocenters. The molecule has 14 heteroatoms. The summed E-state index contributed by atoms with van der Waals surface area (Å²) in [5.74, 6) is -0.896. The lowest BCUT2D eigenvalue weighted by atomic mass is 10.0. The maximum atomic E-state index is 15.3. The first-order valence-corrected chi connectivity index (χ1v) is 12.2. The van der Waals surface area contributed by atoms with Crippen molar-refractivity contribution in [3.8, 4) is 28.1 Å². The molecule has 5 heterocycles. The number of anilines is 1. The van der Waals surface area contributed by atoms with E-state index >= 15 is 4.39 Å². The van der Waals surface area contributed by atoms with Gasteiger partial charge >= 0.3 is 0 Å². The number of tetrazole rings is 1. The van der Waals surface area contributed by atoms with Gasteiger partial charge in [0.05, 0.1) is 22.3 Å². The Morgan fingerprint density at radius 2 is 1.95 bits per heavy atom. The molecule has 1 aliphatic heterocycles. The van der Waals surface area contributed by atoms with Crippen LogP contribution in [0, 0.1) is 17.7 Å². The number of imidazole rings is 1. The normalized spacial score (nSPS) is 19.4. The van der Waals surface area contributed by atoms with Crippen LogP contribution in [0.15, 0.2) is 47.5 Å². The molecule has 2 aliphatic rings. The van der Waals surface area contributed by atoms with Gasteiger partial charge in [0.1, 0.15) is 28.8 Å². The molecule has 190 valence electrons. The highest BCUT2D eigenvalue weighted by atomic mass is 35.5. The molecular weight excluding hydrogens is 539 g/mol. The Morgan fingerprint density at radius 1 is 1.11 bits per heavy atom. The van der Waals surface area contributed by atoms with Crippen molar-refractivity contribution in [1.82, 2.24) is 39.7 Å². The number of fused-ring (bicyclic) bond motifs is 3. The van der Waals surface area contributed by atoms with E-state index in [1.165, 1.54) is 35.3 Å². The molecule has 3 unspecified atom stereocenters. The van der Waals surface area contributed by atoms with E-state index in [9.17, 15) is 9.18 Å². The third kappa shape index (κ3) is 3.37. The second-order valence-corrected chi connectivity index (χ2v) is 9.98. The minimum atomic E-state index is -0.801. The molecular formula is C24H15Cl2F2N9O. The van der Waals surface area contributed by atoms with E-state index in [-0.39, 0.29) is 50.2 Å². The van der Waals surface area contributed by atoms with Gasteiger partial charge in [0.25, 0.3) is 5.56 Å². The van der Waals surface area contributed by atoms with Crippen LogP contribution in [0.4, 0.5) is 14.6 Å². The Labute approximate surface area is 222 Å². The number of aromatic amines is 1. The largest absolute Gasteiger partial charge is 0.384 e. The summed E-state index contributed by atoms with van der Waals surface area (Å²) in [4.78, 5) is 24.7. The smallest absolute Gasteiger partial charge is 0.252 e. The van der Waals surface area contributed by atoms with E-state index < -0.39 is 17.8 Å². The highest BCUT2D eigenvalue weighted by molar-refractivity contribution is 6.32. The maximum absolute atomic E-state index is 15.3. The molecule has 1 aromatic carbocycles. The summed E-state index contributed by atoms with van der Waals surface area (Å²) < 4.78 is 32.7. The van der Waals surface area contributed by atoms with Crippen molar-refractivity contribution in [2.24, 2.45) is 5.92 Å². The van der Waals surface area contributed by atoms with Gasteiger partial charge in [-0.15, -0.1) is 5.10 Å². The highest BCUT2D eigenvalue weighted by Gasteiger charge is 2.54. The second-order valence-electron chi connectivity index (χ2n) is 9.20. The lowest BCUT2D eigenvalue weighted by Crippen LogP contribution is -2.26. The zero-order valence-electron chi connectivity index (χ0n) is 19.1. The average molecular weight is 554 g/mol. The molecule has 0 bridgehead atoms. The van der Waals surface area contributed by atoms with Gasteiger partial charge < -0.3 is 15.3 Å². The van der Waals surface area contributed by atoms with Crippen LogP contribution < -0.4 is 11.3 Å².